The number of hydrogen-bond acceptors (Lipinski definition) is 2. The smallest absolute Gasteiger partial charge is 0.119 e. The van der Waals surface area contributed by atoms with Gasteiger partial charge < -0.3 is 9.47 Å². The van der Waals surface area contributed by atoms with Crippen molar-refractivity contribution in [2.45, 2.75) is 90.9 Å². The monoisotopic (exact) mass is 362 g/mol. The van der Waals surface area contributed by atoms with E-state index in [-0.39, 0.29) is 0 Å². The van der Waals surface area contributed by atoms with Crippen LogP contribution in [0.25, 0.3) is 0 Å². The van der Waals surface area contributed by atoms with Crippen LogP contribution in [0.2, 0.25) is 0 Å². The summed E-state index contributed by atoms with van der Waals surface area (Å²) >= 11 is 0. The molecule has 0 aliphatic heterocycles. The molecule has 0 fully saturated rings. The second-order valence-corrected chi connectivity index (χ2v) is 6.70. The Morgan fingerprint density at radius 2 is 0.846 bits per heavy atom. The molecule has 1 aromatic carbocycles. The van der Waals surface area contributed by atoms with E-state index in [1.807, 2.05) is 24.3 Å². The molecular weight excluding hydrogens is 320 g/mol. The molecule has 0 heterocycles. The van der Waals surface area contributed by atoms with E-state index >= 15 is 0 Å². The average molecular weight is 363 g/mol. The maximum absolute atomic E-state index is 5.79. The molecule has 0 N–H and O–H groups in total. The lowest BCUT2D eigenvalue weighted by Gasteiger charge is -2.09. The molecule has 0 saturated heterocycles. The van der Waals surface area contributed by atoms with Crippen molar-refractivity contribution in [3.63, 3.8) is 0 Å². The van der Waals surface area contributed by atoms with Gasteiger partial charge in [0.15, 0.2) is 0 Å². The fourth-order valence-electron chi connectivity index (χ4n) is 2.78. The molecule has 2 heteroatoms. The van der Waals surface area contributed by atoms with Gasteiger partial charge in [-0.05, 0) is 37.1 Å². The molecule has 0 bridgehead atoms. The van der Waals surface area contributed by atoms with Gasteiger partial charge in [-0.15, -0.1) is 13.2 Å². The minimum atomic E-state index is 0.824. The summed E-state index contributed by atoms with van der Waals surface area (Å²) in [6, 6.07) is 8.09. The van der Waals surface area contributed by atoms with Crippen LogP contribution in [0.5, 0.6) is 11.5 Å². The first-order valence-corrected chi connectivity index (χ1v) is 10.7. The predicted octanol–water partition coefficient (Wildman–Crippen LogP) is 7.97. The molecule has 0 aliphatic carbocycles. The van der Waals surface area contributed by atoms with Crippen LogP contribution in [0.1, 0.15) is 90.9 Å². The minimum absolute atomic E-state index is 0.824. The van der Waals surface area contributed by atoms with Crippen molar-refractivity contribution in [3.05, 3.63) is 37.4 Å². The van der Waals surface area contributed by atoms with E-state index in [0.717, 1.165) is 37.6 Å². The fraction of sp³-hybridized carbons (Fsp3) is 0.667. The van der Waals surface area contributed by atoms with Crippen LogP contribution in [0.4, 0.5) is 0 Å². The number of rotatable bonds is 16. The first-order valence-electron chi connectivity index (χ1n) is 10.7. The van der Waals surface area contributed by atoms with Crippen molar-refractivity contribution < 1.29 is 9.47 Å². The van der Waals surface area contributed by atoms with Gasteiger partial charge in [0.1, 0.15) is 11.5 Å². The molecule has 0 radical (unpaired) electrons. The lowest BCUT2D eigenvalue weighted by Crippen LogP contribution is -1.99. The molecule has 0 spiro atoms. The van der Waals surface area contributed by atoms with E-state index < -0.39 is 0 Å². The van der Waals surface area contributed by atoms with E-state index in [2.05, 4.69) is 27.0 Å². The third-order valence-electron chi connectivity index (χ3n) is 4.36. The summed E-state index contributed by atoms with van der Waals surface area (Å²) in [6.45, 7) is 12.2. The lowest BCUT2D eigenvalue weighted by atomic mass is 10.1. The van der Waals surface area contributed by atoms with Gasteiger partial charge >= 0.3 is 0 Å². The van der Waals surface area contributed by atoms with Crippen LogP contribution >= 0.6 is 0 Å². The molecule has 2 nitrogen and oxygen atoms in total. The maximum Gasteiger partial charge on any atom is 0.119 e. The zero-order valence-corrected chi connectivity index (χ0v) is 17.4. The SMILES string of the molecule is C=C.CCCCCCCCOc1ccc(OCCCCCCCC)cc1. The van der Waals surface area contributed by atoms with Crippen LogP contribution in [0, 0.1) is 0 Å². The highest BCUT2D eigenvalue weighted by molar-refractivity contribution is 5.31. The summed E-state index contributed by atoms with van der Waals surface area (Å²) < 4.78 is 11.6. The van der Waals surface area contributed by atoms with Crippen molar-refractivity contribution >= 4 is 0 Å². The van der Waals surface area contributed by atoms with Crippen molar-refractivity contribution in [1.29, 1.82) is 0 Å². The Kier molecular flexibility index (Phi) is 18.8. The summed E-state index contributed by atoms with van der Waals surface area (Å²) in [6.07, 6.45) is 15.6. The van der Waals surface area contributed by atoms with Gasteiger partial charge in [-0.25, -0.2) is 0 Å². The highest BCUT2D eigenvalue weighted by Crippen LogP contribution is 2.18. The van der Waals surface area contributed by atoms with Crippen molar-refractivity contribution in [1.82, 2.24) is 0 Å². The third kappa shape index (κ3) is 14.9. The van der Waals surface area contributed by atoms with Gasteiger partial charge in [-0.2, -0.15) is 0 Å². The number of ether oxygens (including phenoxy) is 2. The molecule has 1 rings (SSSR count). The predicted molar refractivity (Wildman–Crippen MR) is 115 cm³/mol. The Morgan fingerprint density at radius 1 is 0.538 bits per heavy atom. The summed E-state index contributed by atoms with van der Waals surface area (Å²) in [5, 5.41) is 0. The summed E-state index contributed by atoms with van der Waals surface area (Å²) in [7, 11) is 0. The Bertz CT molecular complexity index is 349. The summed E-state index contributed by atoms with van der Waals surface area (Å²) in [4.78, 5) is 0. The first kappa shape index (κ1) is 24.6. The van der Waals surface area contributed by atoms with E-state index in [9.17, 15) is 0 Å². The highest BCUT2D eigenvalue weighted by Gasteiger charge is 1.98. The Balaban J connectivity index is 0.00000301. The van der Waals surface area contributed by atoms with Gasteiger partial charge in [-0.1, -0.05) is 78.1 Å². The second kappa shape index (κ2) is 19.9. The molecule has 26 heavy (non-hydrogen) atoms. The Labute approximate surface area is 163 Å². The zero-order valence-electron chi connectivity index (χ0n) is 17.4. The minimum Gasteiger partial charge on any atom is -0.494 e. The number of benzene rings is 1. The van der Waals surface area contributed by atoms with Crippen LogP contribution < -0.4 is 9.47 Å². The molecule has 150 valence electrons. The number of hydrogen-bond donors (Lipinski definition) is 0. The Morgan fingerprint density at radius 3 is 1.19 bits per heavy atom. The van der Waals surface area contributed by atoms with Crippen LogP contribution in [0.15, 0.2) is 37.4 Å². The molecule has 0 saturated carbocycles. The van der Waals surface area contributed by atoms with Crippen LogP contribution in [-0.4, -0.2) is 13.2 Å². The highest BCUT2D eigenvalue weighted by atomic mass is 16.5. The summed E-state index contributed by atoms with van der Waals surface area (Å²) in [5.74, 6) is 1.91. The first-order chi connectivity index (χ1) is 12.9. The largest absolute Gasteiger partial charge is 0.494 e. The zero-order chi connectivity index (χ0) is 19.3. The van der Waals surface area contributed by atoms with Crippen LogP contribution in [0.3, 0.4) is 0 Å². The Hall–Kier alpha value is -1.44. The van der Waals surface area contributed by atoms with Gasteiger partial charge in [0.25, 0.3) is 0 Å². The van der Waals surface area contributed by atoms with Crippen LogP contribution in [-0.2, 0) is 0 Å². The molecule has 0 aromatic heterocycles. The fourth-order valence-corrected chi connectivity index (χ4v) is 2.78. The normalized spacial score (nSPS) is 10.1. The van der Waals surface area contributed by atoms with Gasteiger partial charge in [0.05, 0.1) is 13.2 Å². The van der Waals surface area contributed by atoms with E-state index in [1.165, 1.54) is 64.2 Å². The molecule has 0 amide bonds. The van der Waals surface area contributed by atoms with Crippen molar-refractivity contribution in [3.8, 4) is 11.5 Å². The topological polar surface area (TPSA) is 18.5 Å². The van der Waals surface area contributed by atoms with Gasteiger partial charge in [0, 0.05) is 0 Å². The van der Waals surface area contributed by atoms with Gasteiger partial charge in [-0.3, -0.25) is 0 Å². The van der Waals surface area contributed by atoms with Crippen molar-refractivity contribution in [2.24, 2.45) is 0 Å². The molecular formula is C24H42O2. The molecule has 0 aliphatic rings. The van der Waals surface area contributed by atoms with E-state index in [4.69, 9.17) is 9.47 Å². The summed E-state index contributed by atoms with van der Waals surface area (Å²) in [5.41, 5.74) is 0. The molecule has 0 unspecified atom stereocenters. The molecule has 1 aromatic rings. The standard InChI is InChI=1S/C22H38O2.C2H4/c1-3-5-7-9-11-13-19-23-21-15-17-22(18-16-21)24-20-14-12-10-8-6-4-2;1-2/h15-18H,3-14,19-20H2,1-2H3;1-2H2. The quantitative estimate of drug-likeness (QED) is 0.219. The van der Waals surface area contributed by atoms with E-state index in [1.54, 1.807) is 0 Å². The number of unbranched alkanes of at least 4 members (excludes halogenated alkanes) is 10. The maximum atomic E-state index is 5.79. The van der Waals surface area contributed by atoms with Gasteiger partial charge in [0.2, 0.25) is 0 Å². The van der Waals surface area contributed by atoms with Crippen molar-refractivity contribution in [2.75, 3.05) is 13.2 Å². The average Bonchev–Trinajstić information content (AvgIpc) is 2.69. The molecule has 0 atom stereocenters. The second-order valence-electron chi connectivity index (χ2n) is 6.70. The lowest BCUT2D eigenvalue weighted by molar-refractivity contribution is 0.296. The third-order valence-corrected chi connectivity index (χ3v) is 4.36. The van der Waals surface area contributed by atoms with E-state index in [0.29, 0.717) is 0 Å².